The van der Waals surface area contributed by atoms with E-state index in [0.717, 1.165) is 12.8 Å². The number of aromatic nitrogens is 1. The average molecular weight is 310 g/mol. The molecule has 0 saturated carbocycles. The number of pyridine rings is 1. The Bertz CT molecular complexity index is 599. The SMILES string of the molecule is CCC(CC)CNS(=O)(=O)c1cncc(C#CCCO)c1. The van der Waals surface area contributed by atoms with Crippen LogP contribution in [0.3, 0.4) is 0 Å². The van der Waals surface area contributed by atoms with Crippen molar-refractivity contribution in [2.75, 3.05) is 13.2 Å². The van der Waals surface area contributed by atoms with E-state index < -0.39 is 10.0 Å². The molecule has 116 valence electrons. The van der Waals surface area contributed by atoms with Gasteiger partial charge >= 0.3 is 0 Å². The van der Waals surface area contributed by atoms with Gasteiger partial charge < -0.3 is 5.11 Å². The quantitative estimate of drug-likeness (QED) is 0.749. The van der Waals surface area contributed by atoms with Crippen LogP contribution in [0.4, 0.5) is 0 Å². The Morgan fingerprint density at radius 1 is 1.33 bits per heavy atom. The van der Waals surface area contributed by atoms with Gasteiger partial charge in [-0.2, -0.15) is 0 Å². The summed E-state index contributed by atoms with van der Waals surface area (Å²) in [5.41, 5.74) is 0.522. The molecule has 5 nitrogen and oxygen atoms in total. The Morgan fingerprint density at radius 3 is 2.67 bits per heavy atom. The van der Waals surface area contributed by atoms with E-state index in [0.29, 0.717) is 24.4 Å². The van der Waals surface area contributed by atoms with Crippen LogP contribution in [0, 0.1) is 17.8 Å². The summed E-state index contributed by atoms with van der Waals surface area (Å²) in [6, 6.07) is 1.49. The molecule has 0 amide bonds. The summed E-state index contributed by atoms with van der Waals surface area (Å²) in [6.45, 7) is 4.49. The van der Waals surface area contributed by atoms with Crippen molar-refractivity contribution in [3.8, 4) is 11.8 Å². The Balaban J connectivity index is 2.84. The first-order valence-corrected chi connectivity index (χ1v) is 8.56. The second kappa shape index (κ2) is 8.78. The van der Waals surface area contributed by atoms with Gasteiger partial charge in [-0.15, -0.1) is 0 Å². The Labute approximate surface area is 126 Å². The van der Waals surface area contributed by atoms with Crippen molar-refractivity contribution in [2.45, 2.75) is 38.0 Å². The van der Waals surface area contributed by atoms with Crippen molar-refractivity contribution in [1.29, 1.82) is 0 Å². The maximum absolute atomic E-state index is 12.2. The molecule has 0 radical (unpaired) electrons. The molecule has 0 unspecified atom stereocenters. The molecule has 1 aromatic heterocycles. The van der Waals surface area contributed by atoms with Gasteiger partial charge in [0.2, 0.25) is 10.0 Å². The van der Waals surface area contributed by atoms with Crippen molar-refractivity contribution in [3.63, 3.8) is 0 Å². The molecule has 6 heteroatoms. The summed E-state index contributed by atoms with van der Waals surface area (Å²) in [5.74, 6) is 5.86. The molecule has 0 bridgehead atoms. The van der Waals surface area contributed by atoms with Gasteiger partial charge in [0, 0.05) is 30.9 Å². The number of aliphatic hydroxyl groups excluding tert-OH is 1. The number of aliphatic hydroxyl groups is 1. The molecule has 2 N–H and O–H groups in total. The Kier molecular flexibility index (Phi) is 7.37. The third-order valence-electron chi connectivity index (χ3n) is 3.21. The lowest BCUT2D eigenvalue weighted by Crippen LogP contribution is -2.29. The van der Waals surface area contributed by atoms with Crippen molar-refractivity contribution in [1.82, 2.24) is 9.71 Å². The lowest BCUT2D eigenvalue weighted by atomic mass is 10.0. The molecule has 1 aromatic rings. The van der Waals surface area contributed by atoms with E-state index in [1.165, 1.54) is 18.5 Å². The van der Waals surface area contributed by atoms with E-state index >= 15 is 0 Å². The van der Waals surface area contributed by atoms with Crippen LogP contribution in [-0.2, 0) is 10.0 Å². The zero-order valence-electron chi connectivity index (χ0n) is 12.5. The van der Waals surface area contributed by atoms with Gasteiger partial charge in [-0.1, -0.05) is 38.5 Å². The fourth-order valence-corrected chi connectivity index (χ4v) is 2.85. The third-order valence-corrected chi connectivity index (χ3v) is 4.60. The van der Waals surface area contributed by atoms with E-state index in [9.17, 15) is 8.42 Å². The van der Waals surface area contributed by atoms with Crippen LogP contribution in [-0.4, -0.2) is 31.7 Å². The second-order valence-corrected chi connectivity index (χ2v) is 6.49. The summed E-state index contributed by atoms with van der Waals surface area (Å²) in [5, 5.41) is 8.67. The highest BCUT2D eigenvalue weighted by atomic mass is 32.2. The van der Waals surface area contributed by atoms with E-state index in [2.05, 4.69) is 21.5 Å². The number of hydrogen-bond acceptors (Lipinski definition) is 4. The first kappa shape index (κ1) is 17.6. The molecular formula is C15H22N2O3S. The van der Waals surface area contributed by atoms with Crippen LogP contribution in [0.15, 0.2) is 23.4 Å². The van der Waals surface area contributed by atoms with Gasteiger partial charge in [-0.05, 0) is 12.0 Å². The topological polar surface area (TPSA) is 79.3 Å². The lowest BCUT2D eigenvalue weighted by molar-refractivity contribution is 0.305. The minimum absolute atomic E-state index is 0.0185. The van der Waals surface area contributed by atoms with Gasteiger partial charge in [0.1, 0.15) is 4.90 Å². The van der Waals surface area contributed by atoms with E-state index in [1.54, 1.807) is 0 Å². The first-order chi connectivity index (χ1) is 10.0. The second-order valence-electron chi connectivity index (χ2n) is 4.72. The van der Waals surface area contributed by atoms with Crippen molar-refractivity contribution in [3.05, 3.63) is 24.0 Å². The monoisotopic (exact) mass is 310 g/mol. The molecule has 0 atom stereocenters. The van der Waals surface area contributed by atoms with E-state index in [1.807, 2.05) is 13.8 Å². The van der Waals surface area contributed by atoms with Crippen LogP contribution >= 0.6 is 0 Å². The van der Waals surface area contributed by atoms with Crippen LogP contribution in [0.5, 0.6) is 0 Å². The predicted molar refractivity (Wildman–Crippen MR) is 82.1 cm³/mol. The number of hydrogen-bond donors (Lipinski definition) is 2. The fraction of sp³-hybridized carbons (Fsp3) is 0.533. The van der Waals surface area contributed by atoms with Gasteiger partial charge in [0.25, 0.3) is 0 Å². The number of nitrogens with zero attached hydrogens (tertiary/aromatic N) is 1. The number of nitrogens with one attached hydrogen (secondary N) is 1. The number of sulfonamides is 1. The molecule has 0 aromatic carbocycles. The average Bonchev–Trinajstić information content (AvgIpc) is 2.49. The number of rotatable bonds is 7. The molecule has 0 spiro atoms. The molecule has 0 fully saturated rings. The Morgan fingerprint density at radius 2 is 2.05 bits per heavy atom. The normalized spacial score (nSPS) is 11.2. The standard InChI is InChI=1S/C15H22N2O3S/c1-3-13(4-2)11-17-21(19,20)15-9-14(10-16-12-15)7-5-6-8-18/h9-10,12-13,17-18H,3-4,6,8,11H2,1-2H3. The maximum Gasteiger partial charge on any atom is 0.242 e. The van der Waals surface area contributed by atoms with Gasteiger partial charge in [-0.3, -0.25) is 4.98 Å². The van der Waals surface area contributed by atoms with E-state index in [-0.39, 0.29) is 11.5 Å². The lowest BCUT2D eigenvalue weighted by Gasteiger charge is -2.13. The smallest absolute Gasteiger partial charge is 0.242 e. The highest BCUT2D eigenvalue weighted by Gasteiger charge is 2.16. The summed E-state index contributed by atoms with van der Waals surface area (Å²) < 4.78 is 27.0. The van der Waals surface area contributed by atoms with Crippen LogP contribution < -0.4 is 4.72 Å². The minimum atomic E-state index is -3.56. The highest BCUT2D eigenvalue weighted by Crippen LogP contribution is 2.11. The predicted octanol–water partition coefficient (Wildman–Crippen LogP) is 1.53. The summed E-state index contributed by atoms with van der Waals surface area (Å²) >= 11 is 0. The molecule has 0 aliphatic heterocycles. The first-order valence-electron chi connectivity index (χ1n) is 7.07. The Hall–Kier alpha value is -1.42. The fourth-order valence-electron chi connectivity index (χ4n) is 1.74. The van der Waals surface area contributed by atoms with Crippen LogP contribution in [0.1, 0.15) is 38.7 Å². The molecule has 0 saturated heterocycles. The van der Waals surface area contributed by atoms with Crippen molar-refractivity contribution < 1.29 is 13.5 Å². The van der Waals surface area contributed by atoms with Gasteiger partial charge in [0.15, 0.2) is 0 Å². The van der Waals surface area contributed by atoms with E-state index in [4.69, 9.17) is 5.11 Å². The van der Waals surface area contributed by atoms with Crippen molar-refractivity contribution >= 4 is 10.0 Å². The highest BCUT2D eigenvalue weighted by molar-refractivity contribution is 7.89. The van der Waals surface area contributed by atoms with Crippen molar-refractivity contribution in [2.24, 2.45) is 5.92 Å². The minimum Gasteiger partial charge on any atom is -0.395 e. The van der Waals surface area contributed by atoms with Gasteiger partial charge in [0.05, 0.1) is 6.61 Å². The van der Waals surface area contributed by atoms with Crippen LogP contribution in [0.25, 0.3) is 0 Å². The largest absolute Gasteiger partial charge is 0.395 e. The molecular weight excluding hydrogens is 288 g/mol. The molecule has 1 rings (SSSR count). The zero-order valence-corrected chi connectivity index (χ0v) is 13.3. The van der Waals surface area contributed by atoms with Crippen LogP contribution in [0.2, 0.25) is 0 Å². The summed E-state index contributed by atoms with van der Waals surface area (Å²) in [4.78, 5) is 4.03. The summed E-state index contributed by atoms with van der Waals surface area (Å²) in [7, 11) is -3.56. The molecule has 0 aliphatic rings. The molecule has 21 heavy (non-hydrogen) atoms. The molecule has 0 aliphatic carbocycles. The summed E-state index contributed by atoms with van der Waals surface area (Å²) in [6.07, 6.45) is 5.04. The maximum atomic E-state index is 12.2. The van der Waals surface area contributed by atoms with Gasteiger partial charge in [-0.25, -0.2) is 13.1 Å². The molecule has 1 heterocycles. The third kappa shape index (κ3) is 5.84. The zero-order chi connectivity index (χ0) is 15.7.